The molecule has 2 aromatic rings. The molecule has 0 saturated heterocycles. The van der Waals surface area contributed by atoms with Crippen molar-refractivity contribution in [2.75, 3.05) is 13.2 Å². The number of ether oxygens (including phenoxy) is 1. The Morgan fingerprint density at radius 2 is 1.68 bits per heavy atom. The lowest BCUT2D eigenvalue weighted by atomic mass is 9.87. The smallest absolute Gasteiger partial charge is 0.261 e. The average Bonchev–Trinajstić information content (AvgIpc) is 2.78. The minimum atomic E-state index is -0.632. The van der Waals surface area contributed by atoms with Gasteiger partial charge >= 0.3 is 0 Å². The average molecular weight is 508 g/mol. The largest absolute Gasteiger partial charge is 0.484 e. The fourth-order valence-electron chi connectivity index (χ4n) is 3.46. The van der Waals surface area contributed by atoms with Gasteiger partial charge in [0.2, 0.25) is 5.91 Å². The highest BCUT2D eigenvalue weighted by Gasteiger charge is 2.29. The van der Waals surface area contributed by atoms with E-state index in [1.54, 1.807) is 23.1 Å². The van der Waals surface area contributed by atoms with Gasteiger partial charge in [0.25, 0.3) is 5.91 Å². The third-order valence-electron chi connectivity index (χ3n) is 5.49. The lowest BCUT2D eigenvalue weighted by Crippen LogP contribution is -2.50. The minimum absolute atomic E-state index is 0.0305. The maximum atomic E-state index is 13.3. The van der Waals surface area contributed by atoms with Gasteiger partial charge < -0.3 is 15.0 Å². The van der Waals surface area contributed by atoms with Crippen LogP contribution in [0.5, 0.6) is 5.75 Å². The van der Waals surface area contributed by atoms with Gasteiger partial charge in [-0.1, -0.05) is 82.9 Å². The Morgan fingerprint density at radius 3 is 2.21 bits per heavy atom. The molecule has 7 heteroatoms. The molecule has 0 aliphatic heterocycles. The van der Waals surface area contributed by atoms with Gasteiger partial charge in [-0.2, -0.15) is 0 Å². The lowest BCUT2D eigenvalue weighted by molar-refractivity contribution is -0.143. The van der Waals surface area contributed by atoms with E-state index >= 15 is 0 Å². The molecule has 0 heterocycles. The zero-order valence-corrected chi connectivity index (χ0v) is 22.5. The topological polar surface area (TPSA) is 58.6 Å². The maximum Gasteiger partial charge on any atom is 0.261 e. The first-order chi connectivity index (χ1) is 15.9. The summed E-state index contributed by atoms with van der Waals surface area (Å²) in [6.45, 7) is 13.0. The fraction of sp³-hybridized carbons (Fsp3) is 0.481. The van der Waals surface area contributed by atoms with Gasteiger partial charge in [0.15, 0.2) is 6.61 Å². The molecule has 5 nitrogen and oxygen atoms in total. The van der Waals surface area contributed by atoms with Gasteiger partial charge in [-0.25, -0.2) is 0 Å². The minimum Gasteiger partial charge on any atom is -0.484 e. The molecule has 2 aromatic carbocycles. The standard InChI is InChI=1S/C27H36Cl2N2O3/c1-7-24(26(33)30-15-18(2)3)31(16-19-8-13-22(28)23(29)14-19)25(32)17-34-21-11-9-20(10-12-21)27(4,5)6/h8-14,18,24H,7,15-17H2,1-6H3,(H,30,33)/t24-/m0/s1. The molecule has 2 amide bonds. The Labute approximate surface area is 213 Å². The molecule has 0 aromatic heterocycles. The van der Waals surface area contributed by atoms with E-state index in [1.807, 2.05) is 45.0 Å². The summed E-state index contributed by atoms with van der Waals surface area (Å²) in [4.78, 5) is 27.8. The first kappa shape index (κ1) is 28.0. The molecule has 2 rings (SSSR count). The summed E-state index contributed by atoms with van der Waals surface area (Å²) in [6.07, 6.45) is 0.470. The SMILES string of the molecule is CC[C@@H](C(=O)NCC(C)C)N(Cc1ccc(Cl)c(Cl)c1)C(=O)COc1ccc(C(C)(C)C)cc1. The number of nitrogens with zero attached hydrogens (tertiary/aromatic N) is 1. The van der Waals surface area contributed by atoms with Crippen LogP contribution in [0.15, 0.2) is 42.5 Å². The molecule has 1 atom stereocenters. The van der Waals surface area contributed by atoms with Gasteiger partial charge in [0.05, 0.1) is 10.0 Å². The van der Waals surface area contributed by atoms with Crippen molar-refractivity contribution in [3.05, 3.63) is 63.6 Å². The van der Waals surface area contributed by atoms with Crippen molar-refractivity contribution in [3.63, 3.8) is 0 Å². The van der Waals surface area contributed by atoms with E-state index in [0.717, 1.165) is 5.56 Å². The highest BCUT2D eigenvalue weighted by molar-refractivity contribution is 6.42. The van der Waals surface area contributed by atoms with Gasteiger partial charge in [-0.3, -0.25) is 9.59 Å². The second kappa shape index (κ2) is 12.5. The molecule has 0 fully saturated rings. The molecule has 186 valence electrons. The first-order valence-corrected chi connectivity index (χ1v) is 12.4. The first-order valence-electron chi connectivity index (χ1n) is 11.7. The fourth-order valence-corrected chi connectivity index (χ4v) is 3.78. The molecule has 0 aliphatic rings. The van der Waals surface area contributed by atoms with Gasteiger partial charge in [0, 0.05) is 13.1 Å². The number of benzene rings is 2. The highest BCUT2D eigenvalue weighted by atomic mass is 35.5. The summed E-state index contributed by atoms with van der Waals surface area (Å²) < 4.78 is 5.80. The van der Waals surface area contributed by atoms with Crippen LogP contribution in [0.3, 0.4) is 0 Å². The third kappa shape index (κ3) is 8.21. The van der Waals surface area contributed by atoms with Crippen LogP contribution in [0.1, 0.15) is 59.1 Å². The predicted molar refractivity (Wildman–Crippen MR) is 140 cm³/mol. The monoisotopic (exact) mass is 506 g/mol. The molecule has 34 heavy (non-hydrogen) atoms. The van der Waals surface area contributed by atoms with Crippen LogP contribution >= 0.6 is 23.2 Å². The summed E-state index contributed by atoms with van der Waals surface area (Å²) in [5.74, 6) is 0.449. The van der Waals surface area contributed by atoms with E-state index in [4.69, 9.17) is 27.9 Å². The predicted octanol–water partition coefficient (Wildman–Crippen LogP) is 6.25. The van der Waals surface area contributed by atoms with Crippen LogP contribution in [0.4, 0.5) is 0 Å². The number of carbonyl (C=O) groups excluding carboxylic acids is 2. The summed E-state index contributed by atoms with van der Waals surface area (Å²) in [6, 6.07) is 12.3. The number of rotatable bonds is 10. The number of amides is 2. The Bertz CT molecular complexity index is 969. The zero-order valence-electron chi connectivity index (χ0n) is 21.0. The molecule has 1 N–H and O–H groups in total. The number of halogens is 2. The van der Waals surface area contributed by atoms with E-state index < -0.39 is 6.04 Å². The van der Waals surface area contributed by atoms with Crippen molar-refractivity contribution in [1.82, 2.24) is 10.2 Å². The third-order valence-corrected chi connectivity index (χ3v) is 6.23. The van der Waals surface area contributed by atoms with Gasteiger partial charge in [-0.05, 0) is 53.1 Å². The summed E-state index contributed by atoms with van der Waals surface area (Å²) >= 11 is 12.2. The van der Waals surface area contributed by atoms with Gasteiger partial charge in [0.1, 0.15) is 11.8 Å². The molecule has 0 unspecified atom stereocenters. The van der Waals surface area contributed by atoms with E-state index in [2.05, 4.69) is 26.1 Å². The number of nitrogens with one attached hydrogen (secondary N) is 1. The van der Waals surface area contributed by atoms with Crippen molar-refractivity contribution >= 4 is 35.0 Å². The highest BCUT2D eigenvalue weighted by Crippen LogP contribution is 2.25. The van der Waals surface area contributed by atoms with E-state index in [0.29, 0.717) is 34.7 Å². The quantitative estimate of drug-likeness (QED) is 0.414. The Balaban J connectivity index is 2.21. The van der Waals surface area contributed by atoms with Crippen molar-refractivity contribution in [2.24, 2.45) is 5.92 Å². The van der Waals surface area contributed by atoms with E-state index in [9.17, 15) is 9.59 Å². The van der Waals surface area contributed by atoms with Crippen molar-refractivity contribution in [2.45, 2.75) is 66.0 Å². The normalized spacial score (nSPS) is 12.4. The Hall–Kier alpha value is -2.24. The van der Waals surface area contributed by atoms with Crippen LogP contribution in [0.2, 0.25) is 10.0 Å². The second-order valence-corrected chi connectivity index (χ2v) is 10.7. The Kier molecular flexibility index (Phi) is 10.3. The van der Waals surface area contributed by atoms with Crippen LogP contribution in [0, 0.1) is 5.92 Å². The molecule has 0 saturated carbocycles. The van der Waals surface area contributed by atoms with Crippen molar-refractivity contribution < 1.29 is 14.3 Å². The van der Waals surface area contributed by atoms with Crippen LogP contribution in [0.25, 0.3) is 0 Å². The second-order valence-electron chi connectivity index (χ2n) is 9.90. The number of hydrogen-bond acceptors (Lipinski definition) is 3. The van der Waals surface area contributed by atoms with Gasteiger partial charge in [-0.15, -0.1) is 0 Å². The molecule has 0 aliphatic carbocycles. The number of carbonyl (C=O) groups is 2. The molecule has 0 bridgehead atoms. The van der Waals surface area contributed by atoms with E-state index in [-0.39, 0.29) is 30.4 Å². The Morgan fingerprint density at radius 1 is 1.03 bits per heavy atom. The van der Waals surface area contributed by atoms with Crippen molar-refractivity contribution in [3.8, 4) is 5.75 Å². The zero-order chi connectivity index (χ0) is 25.5. The summed E-state index contributed by atoms with van der Waals surface area (Å²) in [5, 5.41) is 3.79. The van der Waals surface area contributed by atoms with Crippen LogP contribution in [-0.4, -0.2) is 35.9 Å². The molecule has 0 spiro atoms. The van der Waals surface area contributed by atoms with Crippen LogP contribution in [-0.2, 0) is 21.5 Å². The molecular weight excluding hydrogens is 471 g/mol. The lowest BCUT2D eigenvalue weighted by Gasteiger charge is -2.31. The molecule has 0 radical (unpaired) electrons. The summed E-state index contributed by atoms with van der Waals surface area (Å²) in [5.41, 5.74) is 2.00. The van der Waals surface area contributed by atoms with E-state index in [1.165, 1.54) is 5.56 Å². The van der Waals surface area contributed by atoms with Crippen molar-refractivity contribution in [1.29, 1.82) is 0 Å². The molecular formula is C27H36Cl2N2O3. The number of hydrogen-bond donors (Lipinski definition) is 1. The summed E-state index contributed by atoms with van der Waals surface area (Å²) in [7, 11) is 0. The van der Waals surface area contributed by atoms with Crippen LogP contribution < -0.4 is 10.1 Å². The maximum absolute atomic E-state index is 13.3.